The summed E-state index contributed by atoms with van der Waals surface area (Å²) >= 11 is 7.32. The maximum absolute atomic E-state index is 12.5. The van der Waals surface area contributed by atoms with Gasteiger partial charge in [0.1, 0.15) is 5.60 Å². The summed E-state index contributed by atoms with van der Waals surface area (Å²) in [6.45, 7) is 7.36. The van der Waals surface area contributed by atoms with Crippen LogP contribution >= 0.6 is 11.6 Å². The largest absolute Gasteiger partial charge is 0.391 e. The van der Waals surface area contributed by atoms with E-state index in [1.165, 1.54) is 6.92 Å². The van der Waals surface area contributed by atoms with Crippen molar-refractivity contribution in [1.82, 2.24) is 0 Å². The van der Waals surface area contributed by atoms with Gasteiger partial charge in [-0.15, -0.1) is 11.6 Å². The quantitative estimate of drug-likeness (QED) is 0.672. The summed E-state index contributed by atoms with van der Waals surface area (Å²) in [5.74, 6) is -0.420. The second kappa shape index (κ2) is 5.55. The number of hydrogen-bond donors (Lipinski definition) is 2. The fourth-order valence-corrected chi connectivity index (χ4v) is 7.82. The maximum Gasteiger partial charge on any atom is 0.178 e. The minimum atomic E-state index is -1.44. The first kappa shape index (κ1) is 19.4. The third kappa shape index (κ3) is 2.02. The highest BCUT2D eigenvalue weighted by Crippen LogP contribution is 2.71. The highest BCUT2D eigenvalue weighted by atomic mass is 35.5. The molecule has 0 bridgehead atoms. The summed E-state index contributed by atoms with van der Waals surface area (Å²) in [6, 6.07) is 0. The van der Waals surface area contributed by atoms with Crippen LogP contribution in [0.5, 0.6) is 0 Å². The molecule has 4 nitrogen and oxygen atoms in total. The van der Waals surface area contributed by atoms with Crippen LogP contribution in [0, 0.1) is 28.6 Å². The van der Waals surface area contributed by atoms with E-state index in [9.17, 15) is 19.8 Å². The van der Waals surface area contributed by atoms with Crippen LogP contribution in [-0.2, 0) is 9.59 Å². The Morgan fingerprint density at radius 1 is 1.30 bits per heavy atom. The molecule has 5 heteroatoms. The predicted octanol–water partition coefficient (Wildman–Crippen LogP) is 3.19. The number of allylic oxidation sites excluding steroid dienone is 4. The zero-order valence-electron chi connectivity index (χ0n) is 16.5. The number of aliphatic hydroxyl groups excluding tert-OH is 1. The molecule has 2 N–H and O–H groups in total. The molecule has 27 heavy (non-hydrogen) atoms. The van der Waals surface area contributed by atoms with Gasteiger partial charge < -0.3 is 10.2 Å². The number of alkyl halides is 1. The van der Waals surface area contributed by atoms with Crippen LogP contribution in [0.15, 0.2) is 23.8 Å². The molecule has 4 rings (SSSR count). The standard InChI is InChI=1S/C22H29ClO4/c1-12-9-17-16-6-5-14-10-15(25)7-8-19(14,3)21(16,23)18(26)11-20(17,4)22(12,27)13(2)24/h7-8,10,12,16-18,26-27H,5-6,9,11H2,1-4H3/t12?,16-,17-,18?,19-,20-,21-,22-/m0/s1. The van der Waals surface area contributed by atoms with Gasteiger partial charge in [-0.05, 0) is 62.5 Å². The highest BCUT2D eigenvalue weighted by Gasteiger charge is 2.74. The Balaban J connectivity index is 1.85. The summed E-state index contributed by atoms with van der Waals surface area (Å²) < 4.78 is 0. The first-order chi connectivity index (χ1) is 12.4. The first-order valence-electron chi connectivity index (χ1n) is 9.97. The Morgan fingerprint density at radius 3 is 2.59 bits per heavy atom. The lowest BCUT2D eigenvalue weighted by molar-refractivity contribution is -0.175. The number of carbonyl (C=O) groups is 2. The average Bonchev–Trinajstić information content (AvgIpc) is 2.79. The van der Waals surface area contributed by atoms with Crippen LogP contribution in [-0.4, -0.2) is 38.4 Å². The van der Waals surface area contributed by atoms with Crippen LogP contribution in [0.1, 0.15) is 53.4 Å². The Hall–Kier alpha value is -0.970. The van der Waals surface area contributed by atoms with Gasteiger partial charge in [-0.1, -0.05) is 32.4 Å². The number of aliphatic hydroxyl groups is 2. The van der Waals surface area contributed by atoms with E-state index in [1.54, 1.807) is 12.2 Å². The van der Waals surface area contributed by atoms with Crippen molar-refractivity contribution in [3.63, 3.8) is 0 Å². The SMILES string of the molecule is CC(=O)[C@@]1(O)C(C)C[C@H]2[C@@H]3CCC4=CC(=O)C=C[C@]4(C)[C@@]3(Cl)C(O)C[C@@]21C. The lowest BCUT2D eigenvalue weighted by atomic mass is 9.45. The van der Waals surface area contributed by atoms with Gasteiger partial charge in [-0.2, -0.15) is 0 Å². The molecular formula is C22H29ClO4. The van der Waals surface area contributed by atoms with E-state index in [2.05, 4.69) is 0 Å². The normalized spacial score (nSPS) is 54.0. The van der Waals surface area contributed by atoms with Gasteiger partial charge in [0.25, 0.3) is 0 Å². The zero-order chi connectivity index (χ0) is 20.0. The van der Waals surface area contributed by atoms with E-state index in [1.807, 2.05) is 26.8 Å². The van der Waals surface area contributed by atoms with Gasteiger partial charge in [0.2, 0.25) is 0 Å². The molecule has 0 radical (unpaired) electrons. The number of Topliss-reactive ketones (excluding diaryl/α,β-unsaturated/α-hetero) is 1. The molecule has 0 aromatic carbocycles. The number of rotatable bonds is 1. The lowest BCUT2D eigenvalue weighted by Gasteiger charge is -2.63. The second-order valence-electron chi connectivity index (χ2n) is 9.72. The summed E-state index contributed by atoms with van der Waals surface area (Å²) in [5, 5.41) is 22.8. The molecule has 4 aliphatic carbocycles. The molecule has 3 saturated carbocycles. The summed E-state index contributed by atoms with van der Waals surface area (Å²) in [4.78, 5) is 23.4. The van der Waals surface area contributed by atoms with Crippen LogP contribution in [0.4, 0.5) is 0 Å². The van der Waals surface area contributed by atoms with Crippen LogP contribution in [0.2, 0.25) is 0 Å². The lowest BCUT2D eigenvalue weighted by Crippen LogP contribution is -2.68. The summed E-state index contributed by atoms with van der Waals surface area (Å²) in [7, 11) is 0. The van der Waals surface area contributed by atoms with E-state index in [4.69, 9.17) is 11.6 Å². The third-order valence-corrected chi connectivity index (χ3v) is 9.68. The van der Waals surface area contributed by atoms with Crippen LogP contribution in [0.3, 0.4) is 0 Å². The molecule has 3 fully saturated rings. The van der Waals surface area contributed by atoms with Crippen molar-refractivity contribution in [1.29, 1.82) is 0 Å². The first-order valence-corrected chi connectivity index (χ1v) is 10.4. The number of carbonyl (C=O) groups excluding carboxylic acids is 2. The van der Waals surface area contributed by atoms with Gasteiger partial charge in [-0.3, -0.25) is 9.59 Å². The van der Waals surface area contributed by atoms with Crippen molar-refractivity contribution in [3.8, 4) is 0 Å². The zero-order valence-corrected chi connectivity index (χ0v) is 17.2. The van der Waals surface area contributed by atoms with E-state index in [-0.39, 0.29) is 35.7 Å². The molecule has 0 spiro atoms. The Bertz CT molecular complexity index is 787. The van der Waals surface area contributed by atoms with Crippen molar-refractivity contribution in [3.05, 3.63) is 23.8 Å². The summed E-state index contributed by atoms with van der Waals surface area (Å²) in [6.07, 6.45) is 6.71. The fourth-order valence-electron chi connectivity index (χ4n) is 7.30. The molecule has 0 saturated heterocycles. The number of halogens is 1. The Kier molecular flexibility index (Phi) is 3.98. The van der Waals surface area contributed by atoms with Crippen molar-refractivity contribution in [2.24, 2.45) is 28.6 Å². The predicted molar refractivity (Wildman–Crippen MR) is 103 cm³/mol. The molecule has 8 atom stereocenters. The topological polar surface area (TPSA) is 74.6 Å². The van der Waals surface area contributed by atoms with Gasteiger partial charge in [-0.25, -0.2) is 0 Å². The van der Waals surface area contributed by atoms with E-state index in [0.29, 0.717) is 0 Å². The molecule has 0 amide bonds. The molecule has 0 aliphatic heterocycles. The number of ketones is 2. The minimum absolute atomic E-state index is 0.0308. The van der Waals surface area contributed by atoms with Crippen molar-refractivity contribution in [2.75, 3.05) is 0 Å². The number of fused-ring (bicyclic) bond motifs is 5. The van der Waals surface area contributed by atoms with Crippen molar-refractivity contribution in [2.45, 2.75) is 70.0 Å². The highest BCUT2D eigenvalue weighted by molar-refractivity contribution is 6.26. The average molecular weight is 393 g/mol. The van der Waals surface area contributed by atoms with Gasteiger partial charge in [0, 0.05) is 10.8 Å². The van der Waals surface area contributed by atoms with Crippen LogP contribution in [0.25, 0.3) is 0 Å². The maximum atomic E-state index is 12.5. The number of hydrogen-bond acceptors (Lipinski definition) is 4. The van der Waals surface area contributed by atoms with Crippen LogP contribution < -0.4 is 0 Å². The van der Waals surface area contributed by atoms with E-state index in [0.717, 1.165) is 24.8 Å². The monoisotopic (exact) mass is 392 g/mol. The van der Waals surface area contributed by atoms with Gasteiger partial charge in [0.15, 0.2) is 11.6 Å². The molecule has 148 valence electrons. The van der Waals surface area contributed by atoms with Gasteiger partial charge in [0.05, 0.1) is 11.0 Å². The van der Waals surface area contributed by atoms with E-state index < -0.39 is 27.4 Å². The fraction of sp³-hybridized carbons (Fsp3) is 0.727. The molecule has 0 aromatic rings. The smallest absolute Gasteiger partial charge is 0.178 e. The molecule has 4 aliphatic rings. The summed E-state index contributed by atoms with van der Waals surface area (Å²) in [5.41, 5.74) is -1.76. The molecule has 0 heterocycles. The molecule has 2 unspecified atom stereocenters. The third-order valence-electron chi connectivity index (χ3n) is 8.76. The second-order valence-corrected chi connectivity index (χ2v) is 10.3. The molecular weight excluding hydrogens is 364 g/mol. The van der Waals surface area contributed by atoms with Crippen molar-refractivity contribution >= 4 is 23.2 Å². The van der Waals surface area contributed by atoms with E-state index >= 15 is 0 Å². The Morgan fingerprint density at radius 2 is 1.96 bits per heavy atom. The van der Waals surface area contributed by atoms with Gasteiger partial charge >= 0.3 is 0 Å². The van der Waals surface area contributed by atoms with Crippen molar-refractivity contribution < 1.29 is 19.8 Å². The Labute approximate surface area is 165 Å². The minimum Gasteiger partial charge on any atom is -0.391 e. The molecule has 0 aromatic heterocycles.